The lowest BCUT2D eigenvalue weighted by atomic mass is 10.1. The summed E-state index contributed by atoms with van der Waals surface area (Å²) in [4.78, 5) is 16.2. The largest absolute Gasteiger partial charge is 0.365 e. The monoisotopic (exact) mass is 291 g/mol. The second-order valence-electron chi connectivity index (χ2n) is 5.45. The molecule has 108 valence electrons. The Bertz CT molecular complexity index is 502. The highest BCUT2D eigenvalue weighted by atomic mass is 32.2. The molecule has 2 aliphatic heterocycles. The maximum absolute atomic E-state index is 11.9. The van der Waals surface area contributed by atoms with Crippen molar-refractivity contribution in [2.75, 3.05) is 35.2 Å². The van der Waals surface area contributed by atoms with Crippen molar-refractivity contribution in [3.8, 4) is 0 Å². The van der Waals surface area contributed by atoms with E-state index in [1.165, 1.54) is 11.4 Å². The molecule has 1 aromatic carbocycles. The van der Waals surface area contributed by atoms with E-state index in [-0.39, 0.29) is 11.9 Å². The van der Waals surface area contributed by atoms with E-state index in [4.69, 9.17) is 0 Å². The highest BCUT2D eigenvalue weighted by Crippen LogP contribution is 2.36. The third-order valence-electron chi connectivity index (χ3n) is 3.93. The van der Waals surface area contributed by atoms with Crippen LogP contribution in [0.15, 0.2) is 24.3 Å². The van der Waals surface area contributed by atoms with Gasteiger partial charge in [0.2, 0.25) is 5.91 Å². The van der Waals surface area contributed by atoms with Gasteiger partial charge in [0.15, 0.2) is 0 Å². The number of amides is 1. The van der Waals surface area contributed by atoms with Crippen LogP contribution in [0.25, 0.3) is 0 Å². The number of para-hydroxylation sites is 2. The third-order valence-corrected chi connectivity index (χ3v) is 5.08. The third kappa shape index (κ3) is 2.52. The summed E-state index contributed by atoms with van der Waals surface area (Å²) in [5, 5.41) is 4.02. The van der Waals surface area contributed by atoms with Crippen molar-refractivity contribution in [1.29, 1.82) is 0 Å². The normalized spacial score (nSPS) is 25.7. The summed E-state index contributed by atoms with van der Waals surface area (Å²) in [5.74, 6) is 1.31. The molecule has 1 fully saturated rings. The van der Waals surface area contributed by atoms with Crippen LogP contribution in [0.5, 0.6) is 0 Å². The Morgan fingerprint density at radius 1 is 1.40 bits per heavy atom. The summed E-state index contributed by atoms with van der Waals surface area (Å²) in [5.41, 5.74) is 2.22. The predicted molar refractivity (Wildman–Crippen MR) is 85.5 cm³/mol. The number of anilines is 2. The van der Waals surface area contributed by atoms with E-state index in [1.807, 2.05) is 22.7 Å². The number of hydrogen-bond donors (Lipinski definition) is 1. The molecular formula is C15H21N3OS. The van der Waals surface area contributed by atoms with Gasteiger partial charge in [-0.1, -0.05) is 12.1 Å². The van der Waals surface area contributed by atoms with Crippen LogP contribution in [0.3, 0.4) is 0 Å². The first-order chi connectivity index (χ1) is 9.66. The topological polar surface area (TPSA) is 35.6 Å². The zero-order valence-corrected chi connectivity index (χ0v) is 12.8. The minimum absolute atomic E-state index is 0.123. The summed E-state index contributed by atoms with van der Waals surface area (Å²) in [6.07, 6.45) is 0. The van der Waals surface area contributed by atoms with Crippen LogP contribution in [0.1, 0.15) is 13.8 Å². The zero-order valence-electron chi connectivity index (χ0n) is 12.0. The van der Waals surface area contributed by atoms with Gasteiger partial charge in [-0.2, -0.15) is 0 Å². The van der Waals surface area contributed by atoms with E-state index in [0.29, 0.717) is 5.37 Å². The van der Waals surface area contributed by atoms with E-state index in [9.17, 15) is 4.79 Å². The lowest BCUT2D eigenvalue weighted by Crippen LogP contribution is -2.51. The molecule has 0 bridgehead atoms. The molecule has 2 atom stereocenters. The Labute approximate surface area is 124 Å². The van der Waals surface area contributed by atoms with Crippen molar-refractivity contribution >= 4 is 29.0 Å². The molecule has 0 aliphatic carbocycles. The van der Waals surface area contributed by atoms with E-state index in [0.717, 1.165) is 25.3 Å². The van der Waals surface area contributed by atoms with Crippen molar-refractivity contribution in [3.63, 3.8) is 0 Å². The van der Waals surface area contributed by atoms with Gasteiger partial charge < -0.3 is 15.1 Å². The number of rotatable bonds is 2. The molecule has 1 aromatic rings. The Balaban J connectivity index is 1.89. The lowest BCUT2D eigenvalue weighted by Gasteiger charge is -2.42. The van der Waals surface area contributed by atoms with Crippen LogP contribution in [0.4, 0.5) is 11.4 Å². The maximum atomic E-state index is 11.9. The van der Waals surface area contributed by atoms with Crippen LogP contribution >= 0.6 is 11.8 Å². The summed E-state index contributed by atoms with van der Waals surface area (Å²) in [6.45, 7) is 6.77. The molecule has 2 heterocycles. The number of thioether (sulfide) groups is 1. The number of benzene rings is 1. The average molecular weight is 291 g/mol. The summed E-state index contributed by atoms with van der Waals surface area (Å²) in [6, 6.07) is 8.45. The number of nitrogens with one attached hydrogen (secondary N) is 1. The van der Waals surface area contributed by atoms with Gasteiger partial charge in [0.05, 0.1) is 22.8 Å². The number of carbonyl (C=O) groups excluding carboxylic acids is 1. The molecule has 2 aliphatic rings. The van der Waals surface area contributed by atoms with Gasteiger partial charge in [0, 0.05) is 32.3 Å². The molecule has 1 saturated heterocycles. The van der Waals surface area contributed by atoms with Crippen LogP contribution in [0, 0.1) is 0 Å². The SMILES string of the molecule is CC(=O)N1c2ccccc2N(CC2NCCS2)C[C@@H]1C. The van der Waals surface area contributed by atoms with E-state index in [2.05, 4.69) is 35.3 Å². The molecule has 3 rings (SSSR count). The number of hydrogen-bond acceptors (Lipinski definition) is 4. The minimum atomic E-state index is 0.123. The van der Waals surface area contributed by atoms with Gasteiger partial charge in [-0.05, 0) is 19.1 Å². The zero-order chi connectivity index (χ0) is 14.1. The van der Waals surface area contributed by atoms with E-state index < -0.39 is 0 Å². The van der Waals surface area contributed by atoms with Crippen molar-refractivity contribution < 1.29 is 4.79 Å². The number of fused-ring (bicyclic) bond motifs is 1. The summed E-state index contributed by atoms with van der Waals surface area (Å²) < 4.78 is 0. The number of carbonyl (C=O) groups is 1. The standard InChI is InChI=1S/C15H21N3OS/c1-11-9-17(10-15-16-7-8-20-15)13-5-3-4-6-14(13)18(11)12(2)19/h3-6,11,15-16H,7-10H2,1-2H3/t11-,15?/m0/s1. The van der Waals surface area contributed by atoms with E-state index >= 15 is 0 Å². The quantitative estimate of drug-likeness (QED) is 0.903. The van der Waals surface area contributed by atoms with Crippen LogP contribution in [0.2, 0.25) is 0 Å². The first-order valence-corrected chi connectivity index (χ1v) is 8.20. The second-order valence-corrected chi connectivity index (χ2v) is 6.76. The molecule has 1 unspecified atom stereocenters. The van der Waals surface area contributed by atoms with Crippen LogP contribution in [-0.2, 0) is 4.79 Å². The molecule has 20 heavy (non-hydrogen) atoms. The van der Waals surface area contributed by atoms with Crippen LogP contribution in [-0.4, -0.2) is 42.7 Å². The molecule has 5 heteroatoms. The van der Waals surface area contributed by atoms with Gasteiger partial charge in [-0.3, -0.25) is 4.79 Å². The highest BCUT2D eigenvalue weighted by molar-refractivity contribution is 8.00. The minimum Gasteiger partial charge on any atom is -0.365 e. The average Bonchev–Trinajstić information content (AvgIpc) is 2.91. The van der Waals surface area contributed by atoms with Crippen molar-refractivity contribution in [3.05, 3.63) is 24.3 Å². The van der Waals surface area contributed by atoms with Gasteiger partial charge in [0.25, 0.3) is 0 Å². The predicted octanol–water partition coefficient (Wildman–Crippen LogP) is 1.91. The maximum Gasteiger partial charge on any atom is 0.224 e. The molecule has 0 aromatic heterocycles. The van der Waals surface area contributed by atoms with E-state index in [1.54, 1.807) is 6.92 Å². The smallest absolute Gasteiger partial charge is 0.224 e. The van der Waals surface area contributed by atoms with Crippen molar-refractivity contribution in [1.82, 2.24) is 5.32 Å². The van der Waals surface area contributed by atoms with Gasteiger partial charge >= 0.3 is 0 Å². The first-order valence-electron chi connectivity index (χ1n) is 7.15. The molecular weight excluding hydrogens is 270 g/mol. The Kier molecular flexibility index (Phi) is 3.89. The molecule has 1 N–H and O–H groups in total. The second kappa shape index (κ2) is 5.66. The molecule has 4 nitrogen and oxygen atoms in total. The highest BCUT2D eigenvalue weighted by Gasteiger charge is 2.31. The van der Waals surface area contributed by atoms with Gasteiger partial charge in [0.1, 0.15) is 0 Å². The molecule has 0 saturated carbocycles. The molecule has 0 spiro atoms. The number of nitrogens with zero attached hydrogens (tertiary/aromatic N) is 2. The van der Waals surface area contributed by atoms with Crippen LogP contribution < -0.4 is 15.1 Å². The molecule has 0 radical (unpaired) electrons. The summed E-state index contributed by atoms with van der Waals surface area (Å²) in [7, 11) is 0. The van der Waals surface area contributed by atoms with Gasteiger partial charge in [-0.25, -0.2) is 0 Å². The first kappa shape index (κ1) is 13.8. The lowest BCUT2D eigenvalue weighted by molar-refractivity contribution is -0.117. The van der Waals surface area contributed by atoms with Gasteiger partial charge in [-0.15, -0.1) is 11.8 Å². The fourth-order valence-corrected chi connectivity index (χ4v) is 4.16. The fourth-order valence-electron chi connectivity index (χ4n) is 3.12. The van der Waals surface area contributed by atoms with Crippen molar-refractivity contribution in [2.24, 2.45) is 0 Å². The Morgan fingerprint density at radius 2 is 2.15 bits per heavy atom. The molecule has 1 amide bonds. The fraction of sp³-hybridized carbons (Fsp3) is 0.533. The Morgan fingerprint density at radius 3 is 2.80 bits per heavy atom. The van der Waals surface area contributed by atoms with Crippen molar-refractivity contribution in [2.45, 2.75) is 25.3 Å². The summed E-state index contributed by atoms with van der Waals surface area (Å²) >= 11 is 1.99. The Hall–Kier alpha value is -1.20.